The third-order valence-electron chi connectivity index (χ3n) is 5.34. The van der Waals surface area contributed by atoms with Gasteiger partial charge in [-0.1, -0.05) is 23.4 Å². The summed E-state index contributed by atoms with van der Waals surface area (Å²) in [6.45, 7) is 4.51. The van der Waals surface area contributed by atoms with E-state index in [0.29, 0.717) is 12.3 Å². The molecule has 2 amide bonds. The second kappa shape index (κ2) is 6.59. The molecule has 1 aliphatic heterocycles. The summed E-state index contributed by atoms with van der Waals surface area (Å²) in [4.78, 5) is 29.2. The van der Waals surface area contributed by atoms with Gasteiger partial charge in [-0.25, -0.2) is 0 Å². The Hall–Kier alpha value is -2.63. The smallest absolute Gasteiger partial charge is 0.293 e. The van der Waals surface area contributed by atoms with Crippen molar-refractivity contribution in [2.45, 2.75) is 45.6 Å². The molecule has 1 atom stereocenters. The molecule has 1 aromatic heterocycles. The van der Waals surface area contributed by atoms with E-state index in [1.165, 1.54) is 0 Å². The summed E-state index contributed by atoms with van der Waals surface area (Å²) in [5.74, 6) is 0.0362. The first kappa shape index (κ1) is 16.8. The fourth-order valence-corrected chi connectivity index (χ4v) is 4.01. The van der Waals surface area contributed by atoms with Crippen LogP contribution in [0, 0.1) is 6.92 Å². The maximum atomic E-state index is 13.0. The lowest BCUT2D eigenvalue weighted by Gasteiger charge is -2.39. The van der Waals surface area contributed by atoms with Gasteiger partial charge in [0.1, 0.15) is 6.54 Å². The van der Waals surface area contributed by atoms with Crippen molar-refractivity contribution in [3.63, 3.8) is 0 Å². The molecule has 0 bridgehead atoms. The monoisotopic (exact) mass is 353 g/mol. The zero-order valence-corrected chi connectivity index (χ0v) is 15.2. The number of piperazine rings is 1. The number of aryl methyl sites for hydroxylation is 2. The van der Waals surface area contributed by atoms with E-state index in [1.54, 1.807) is 9.80 Å². The lowest BCUT2D eigenvalue weighted by molar-refractivity contribution is -0.121. The summed E-state index contributed by atoms with van der Waals surface area (Å²) in [7, 11) is 0. The van der Waals surface area contributed by atoms with Crippen molar-refractivity contribution in [1.82, 2.24) is 10.1 Å². The molecule has 26 heavy (non-hydrogen) atoms. The second-order valence-electron chi connectivity index (χ2n) is 7.23. The van der Waals surface area contributed by atoms with Crippen LogP contribution in [0.2, 0.25) is 0 Å². The van der Waals surface area contributed by atoms with Gasteiger partial charge in [-0.3, -0.25) is 9.59 Å². The number of rotatable bonds is 2. The molecule has 0 N–H and O–H groups in total. The molecule has 1 aliphatic carbocycles. The van der Waals surface area contributed by atoms with E-state index in [0.717, 1.165) is 48.2 Å². The molecule has 0 saturated carbocycles. The number of carbonyl (C=O) groups is 2. The number of para-hydroxylation sites is 1. The Morgan fingerprint density at radius 3 is 2.77 bits per heavy atom. The number of aromatic nitrogens is 1. The standard InChI is InChI=1S/C20H23N3O3/c1-13-7-3-6-10-17(13)23-14(2)11-22(12-18(23)24)20(25)19-15-8-4-5-9-16(15)21-26-19/h3,6-7,10,14H,4-5,8-9,11-12H2,1-2H3/t14-/m1/s1. The van der Waals surface area contributed by atoms with Crippen molar-refractivity contribution >= 4 is 17.5 Å². The highest BCUT2D eigenvalue weighted by Gasteiger charge is 2.36. The van der Waals surface area contributed by atoms with Crippen molar-refractivity contribution < 1.29 is 14.1 Å². The van der Waals surface area contributed by atoms with Crippen LogP contribution in [0.15, 0.2) is 28.8 Å². The number of nitrogens with zero attached hydrogens (tertiary/aromatic N) is 3. The van der Waals surface area contributed by atoms with Crippen LogP contribution in [-0.2, 0) is 17.6 Å². The van der Waals surface area contributed by atoms with E-state index < -0.39 is 0 Å². The Morgan fingerprint density at radius 2 is 2.00 bits per heavy atom. The summed E-state index contributed by atoms with van der Waals surface area (Å²) in [5, 5.41) is 4.07. The minimum absolute atomic E-state index is 0.0625. The number of hydrogen-bond acceptors (Lipinski definition) is 4. The fourth-order valence-electron chi connectivity index (χ4n) is 4.01. The molecule has 6 nitrogen and oxygen atoms in total. The molecule has 0 radical (unpaired) electrons. The number of fused-ring (bicyclic) bond motifs is 1. The average molecular weight is 353 g/mol. The zero-order valence-electron chi connectivity index (χ0n) is 15.2. The van der Waals surface area contributed by atoms with Gasteiger partial charge < -0.3 is 14.3 Å². The van der Waals surface area contributed by atoms with Crippen LogP contribution in [0.1, 0.15) is 47.1 Å². The van der Waals surface area contributed by atoms with E-state index in [9.17, 15) is 9.59 Å². The van der Waals surface area contributed by atoms with Crippen molar-refractivity contribution in [2.24, 2.45) is 0 Å². The molecule has 0 spiro atoms. The molecule has 136 valence electrons. The highest BCUT2D eigenvalue weighted by atomic mass is 16.5. The molecule has 1 saturated heterocycles. The van der Waals surface area contributed by atoms with E-state index in [1.807, 2.05) is 38.1 Å². The molecular formula is C20H23N3O3. The SMILES string of the molecule is Cc1ccccc1N1C(=O)CN(C(=O)c2onc3c2CCCC3)C[C@H]1C. The third-order valence-corrected chi connectivity index (χ3v) is 5.34. The Kier molecular flexibility index (Phi) is 4.26. The summed E-state index contributed by atoms with van der Waals surface area (Å²) < 4.78 is 5.37. The summed E-state index contributed by atoms with van der Waals surface area (Å²) >= 11 is 0. The van der Waals surface area contributed by atoms with E-state index in [4.69, 9.17) is 4.52 Å². The van der Waals surface area contributed by atoms with Gasteiger partial charge in [-0.15, -0.1) is 0 Å². The van der Waals surface area contributed by atoms with Gasteiger partial charge in [-0.05, 0) is 51.2 Å². The molecule has 2 aromatic rings. The maximum absolute atomic E-state index is 13.0. The molecule has 4 rings (SSSR count). The summed E-state index contributed by atoms with van der Waals surface area (Å²) in [6, 6.07) is 7.74. The van der Waals surface area contributed by atoms with Crippen molar-refractivity contribution in [1.29, 1.82) is 0 Å². The summed E-state index contributed by atoms with van der Waals surface area (Å²) in [5.41, 5.74) is 3.80. The molecule has 1 aromatic carbocycles. The highest BCUT2D eigenvalue weighted by Crippen LogP contribution is 2.28. The van der Waals surface area contributed by atoms with Gasteiger partial charge in [0.25, 0.3) is 5.91 Å². The molecule has 1 fully saturated rings. The van der Waals surface area contributed by atoms with Gasteiger partial charge in [0.15, 0.2) is 0 Å². The first-order valence-corrected chi connectivity index (χ1v) is 9.20. The van der Waals surface area contributed by atoms with Crippen LogP contribution in [0.3, 0.4) is 0 Å². The number of benzene rings is 1. The van der Waals surface area contributed by atoms with Crippen molar-refractivity contribution in [2.75, 3.05) is 18.0 Å². The molecule has 2 heterocycles. The Bertz CT molecular complexity index is 858. The van der Waals surface area contributed by atoms with Gasteiger partial charge in [0, 0.05) is 17.8 Å². The normalized spacial score (nSPS) is 20.2. The number of amides is 2. The number of carbonyl (C=O) groups excluding carboxylic acids is 2. The van der Waals surface area contributed by atoms with E-state index in [-0.39, 0.29) is 24.4 Å². The minimum atomic E-state index is -0.217. The minimum Gasteiger partial charge on any atom is -0.350 e. The second-order valence-corrected chi connectivity index (χ2v) is 7.23. The van der Waals surface area contributed by atoms with Gasteiger partial charge in [0.2, 0.25) is 11.7 Å². The van der Waals surface area contributed by atoms with Crippen molar-refractivity contribution in [3.05, 3.63) is 46.8 Å². The maximum Gasteiger partial charge on any atom is 0.293 e. The Balaban J connectivity index is 1.56. The predicted octanol–water partition coefficient (Wildman–Crippen LogP) is 2.74. The topological polar surface area (TPSA) is 66.7 Å². The van der Waals surface area contributed by atoms with Crippen LogP contribution < -0.4 is 4.90 Å². The summed E-state index contributed by atoms with van der Waals surface area (Å²) in [6.07, 6.45) is 3.82. The molecular weight excluding hydrogens is 330 g/mol. The number of anilines is 1. The molecule has 6 heteroatoms. The van der Waals surface area contributed by atoms with Crippen LogP contribution in [0.5, 0.6) is 0 Å². The highest BCUT2D eigenvalue weighted by molar-refractivity contribution is 6.02. The largest absolute Gasteiger partial charge is 0.350 e. The first-order valence-electron chi connectivity index (χ1n) is 9.20. The van der Waals surface area contributed by atoms with Gasteiger partial charge >= 0.3 is 0 Å². The number of hydrogen-bond donors (Lipinski definition) is 0. The first-order chi connectivity index (χ1) is 12.6. The van der Waals surface area contributed by atoms with Crippen LogP contribution in [-0.4, -0.2) is 41.0 Å². The molecule has 0 unspecified atom stereocenters. The Labute approximate surface area is 152 Å². The third kappa shape index (κ3) is 2.79. The van der Waals surface area contributed by atoms with Crippen LogP contribution in [0.25, 0.3) is 0 Å². The van der Waals surface area contributed by atoms with Crippen LogP contribution >= 0.6 is 0 Å². The van der Waals surface area contributed by atoms with E-state index >= 15 is 0 Å². The quantitative estimate of drug-likeness (QED) is 0.833. The fraction of sp³-hybridized carbons (Fsp3) is 0.450. The van der Waals surface area contributed by atoms with E-state index in [2.05, 4.69) is 5.16 Å². The van der Waals surface area contributed by atoms with Gasteiger partial charge in [-0.2, -0.15) is 0 Å². The average Bonchev–Trinajstić information content (AvgIpc) is 3.06. The predicted molar refractivity (Wildman–Crippen MR) is 97.2 cm³/mol. The van der Waals surface area contributed by atoms with Crippen molar-refractivity contribution in [3.8, 4) is 0 Å². The van der Waals surface area contributed by atoms with Crippen LogP contribution in [0.4, 0.5) is 5.69 Å². The lowest BCUT2D eigenvalue weighted by atomic mass is 9.95. The Morgan fingerprint density at radius 1 is 1.23 bits per heavy atom. The molecule has 2 aliphatic rings. The zero-order chi connectivity index (χ0) is 18.3. The lowest BCUT2D eigenvalue weighted by Crippen LogP contribution is -2.57. The van der Waals surface area contributed by atoms with Gasteiger partial charge in [0.05, 0.1) is 11.7 Å².